The van der Waals surface area contributed by atoms with E-state index in [1.807, 2.05) is 0 Å². The zero-order valence-corrected chi connectivity index (χ0v) is 11.9. The van der Waals surface area contributed by atoms with E-state index in [1.54, 1.807) is 13.2 Å². The lowest BCUT2D eigenvalue weighted by molar-refractivity contribution is 0.0907. The number of nitrogens with zero attached hydrogens (tertiary/aromatic N) is 2. The Morgan fingerprint density at radius 2 is 2.35 bits per heavy atom. The van der Waals surface area contributed by atoms with Crippen molar-refractivity contribution in [2.75, 3.05) is 13.6 Å². The van der Waals surface area contributed by atoms with Crippen LogP contribution in [0.25, 0.3) is 0 Å². The molecule has 0 aromatic carbocycles. The number of ether oxygens (including phenoxy) is 1. The van der Waals surface area contributed by atoms with Crippen molar-refractivity contribution in [2.24, 2.45) is 5.73 Å². The molecule has 0 bridgehead atoms. The maximum atomic E-state index is 11.5. The van der Waals surface area contributed by atoms with E-state index in [1.165, 1.54) is 5.56 Å². The van der Waals surface area contributed by atoms with Crippen LogP contribution in [0.2, 0.25) is 0 Å². The number of nitrogens with two attached hydrogens (primary N) is 1. The van der Waals surface area contributed by atoms with Gasteiger partial charge in [0.15, 0.2) is 0 Å². The SMILES string of the molecule is CNC(=O)O[C@H]1CCCCCc2c1cnnc2CCN. The van der Waals surface area contributed by atoms with Gasteiger partial charge in [0.2, 0.25) is 0 Å². The van der Waals surface area contributed by atoms with Crippen LogP contribution in [0.1, 0.15) is 48.6 Å². The van der Waals surface area contributed by atoms with Crippen LogP contribution in [-0.2, 0) is 17.6 Å². The van der Waals surface area contributed by atoms with Gasteiger partial charge in [-0.2, -0.15) is 10.2 Å². The molecule has 1 aliphatic rings. The molecule has 0 saturated carbocycles. The van der Waals surface area contributed by atoms with E-state index < -0.39 is 6.09 Å². The zero-order chi connectivity index (χ0) is 14.4. The van der Waals surface area contributed by atoms with E-state index in [-0.39, 0.29) is 6.10 Å². The first kappa shape index (κ1) is 14.7. The molecule has 1 aromatic rings. The summed E-state index contributed by atoms with van der Waals surface area (Å²) >= 11 is 0. The third kappa shape index (κ3) is 3.45. The van der Waals surface area contributed by atoms with Crippen LogP contribution < -0.4 is 11.1 Å². The first-order chi connectivity index (χ1) is 9.76. The Labute approximate surface area is 119 Å². The van der Waals surface area contributed by atoms with Crippen molar-refractivity contribution in [1.82, 2.24) is 15.5 Å². The van der Waals surface area contributed by atoms with Crippen LogP contribution in [0, 0.1) is 0 Å². The highest BCUT2D eigenvalue weighted by Crippen LogP contribution is 2.31. The number of hydrogen-bond donors (Lipinski definition) is 2. The number of aromatic nitrogens is 2. The molecule has 0 fully saturated rings. The predicted molar refractivity (Wildman–Crippen MR) is 75.2 cm³/mol. The summed E-state index contributed by atoms with van der Waals surface area (Å²) in [5.74, 6) is 0. The molecule has 6 nitrogen and oxygen atoms in total. The first-order valence-electron chi connectivity index (χ1n) is 7.18. The molecule has 1 atom stereocenters. The van der Waals surface area contributed by atoms with Gasteiger partial charge in [-0.25, -0.2) is 4.79 Å². The molecule has 0 saturated heterocycles. The Kier molecular flexibility index (Phi) is 5.29. The van der Waals surface area contributed by atoms with Crippen molar-refractivity contribution in [3.05, 3.63) is 23.0 Å². The Morgan fingerprint density at radius 1 is 1.50 bits per heavy atom. The van der Waals surface area contributed by atoms with E-state index in [0.29, 0.717) is 13.0 Å². The maximum Gasteiger partial charge on any atom is 0.407 e. The maximum absolute atomic E-state index is 11.5. The average Bonchev–Trinajstić information content (AvgIpc) is 2.44. The Hall–Kier alpha value is -1.69. The highest BCUT2D eigenvalue weighted by Gasteiger charge is 2.23. The summed E-state index contributed by atoms with van der Waals surface area (Å²) in [7, 11) is 1.57. The summed E-state index contributed by atoms with van der Waals surface area (Å²) in [6.07, 6.45) is 6.89. The third-order valence-electron chi connectivity index (χ3n) is 3.65. The number of fused-ring (bicyclic) bond motifs is 1. The lowest BCUT2D eigenvalue weighted by atomic mass is 9.91. The van der Waals surface area contributed by atoms with Crippen molar-refractivity contribution >= 4 is 6.09 Å². The summed E-state index contributed by atoms with van der Waals surface area (Å²) in [6, 6.07) is 0. The predicted octanol–water partition coefficient (Wildman–Crippen LogP) is 1.49. The number of alkyl carbamates (subject to hydrolysis) is 1. The molecule has 1 amide bonds. The van der Waals surface area contributed by atoms with Gasteiger partial charge >= 0.3 is 6.09 Å². The molecule has 6 heteroatoms. The minimum Gasteiger partial charge on any atom is -0.441 e. The quantitative estimate of drug-likeness (QED) is 0.874. The smallest absolute Gasteiger partial charge is 0.407 e. The van der Waals surface area contributed by atoms with Crippen molar-refractivity contribution < 1.29 is 9.53 Å². The molecule has 1 heterocycles. The highest BCUT2D eigenvalue weighted by molar-refractivity contribution is 5.67. The lowest BCUT2D eigenvalue weighted by Crippen LogP contribution is -2.24. The van der Waals surface area contributed by atoms with Crippen LogP contribution in [0.4, 0.5) is 4.79 Å². The van der Waals surface area contributed by atoms with Gasteiger partial charge in [-0.05, 0) is 37.8 Å². The van der Waals surface area contributed by atoms with Gasteiger partial charge in [0.25, 0.3) is 0 Å². The van der Waals surface area contributed by atoms with Crippen LogP contribution in [0.5, 0.6) is 0 Å². The molecule has 0 aliphatic heterocycles. The van der Waals surface area contributed by atoms with E-state index in [2.05, 4.69) is 15.5 Å². The van der Waals surface area contributed by atoms with Crippen molar-refractivity contribution in [2.45, 2.75) is 44.6 Å². The molecule has 1 aliphatic carbocycles. The normalized spacial score (nSPS) is 18.6. The molecular formula is C14H22N4O2. The minimum atomic E-state index is -0.404. The molecule has 20 heavy (non-hydrogen) atoms. The standard InChI is InChI=1S/C14H22N4O2/c1-16-14(19)20-13-6-4-2-3-5-10-11(13)9-17-18-12(10)7-8-15/h9,13H,2-8,15H2,1H3,(H,16,19)/t13-/m0/s1. The van der Waals surface area contributed by atoms with Crippen molar-refractivity contribution in [1.29, 1.82) is 0 Å². The fourth-order valence-corrected chi connectivity index (χ4v) is 2.64. The molecule has 110 valence electrons. The largest absolute Gasteiger partial charge is 0.441 e. The van der Waals surface area contributed by atoms with E-state index in [0.717, 1.165) is 43.4 Å². The fourth-order valence-electron chi connectivity index (χ4n) is 2.64. The molecular weight excluding hydrogens is 256 g/mol. The number of nitrogens with one attached hydrogen (secondary N) is 1. The highest BCUT2D eigenvalue weighted by atomic mass is 16.6. The Bertz CT molecular complexity index is 464. The molecule has 0 spiro atoms. The number of amides is 1. The second-order valence-corrected chi connectivity index (χ2v) is 5.01. The van der Waals surface area contributed by atoms with Crippen LogP contribution in [0.15, 0.2) is 6.20 Å². The monoisotopic (exact) mass is 278 g/mol. The average molecular weight is 278 g/mol. The van der Waals surface area contributed by atoms with E-state index >= 15 is 0 Å². The number of carbonyl (C=O) groups is 1. The van der Waals surface area contributed by atoms with Gasteiger partial charge in [-0.1, -0.05) is 6.42 Å². The number of carbonyl (C=O) groups excluding carboxylic acids is 1. The molecule has 1 aromatic heterocycles. The van der Waals surface area contributed by atoms with Crippen LogP contribution in [-0.4, -0.2) is 29.9 Å². The minimum absolute atomic E-state index is 0.239. The molecule has 3 N–H and O–H groups in total. The summed E-state index contributed by atoms with van der Waals surface area (Å²) in [5.41, 5.74) is 8.74. The molecule has 0 unspecified atom stereocenters. The molecule has 0 radical (unpaired) electrons. The van der Waals surface area contributed by atoms with Crippen molar-refractivity contribution in [3.8, 4) is 0 Å². The van der Waals surface area contributed by atoms with Crippen molar-refractivity contribution in [3.63, 3.8) is 0 Å². The topological polar surface area (TPSA) is 90.1 Å². The van der Waals surface area contributed by atoms with Crippen LogP contribution in [0.3, 0.4) is 0 Å². The van der Waals surface area contributed by atoms with Gasteiger partial charge in [-0.15, -0.1) is 0 Å². The fraction of sp³-hybridized carbons (Fsp3) is 0.643. The number of hydrogen-bond acceptors (Lipinski definition) is 5. The third-order valence-corrected chi connectivity index (χ3v) is 3.65. The van der Waals surface area contributed by atoms with E-state index in [4.69, 9.17) is 10.5 Å². The van der Waals surface area contributed by atoms with Crippen LogP contribution >= 0.6 is 0 Å². The van der Waals surface area contributed by atoms with Gasteiger partial charge in [0.05, 0.1) is 11.9 Å². The Balaban J connectivity index is 2.33. The van der Waals surface area contributed by atoms with Gasteiger partial charge in [0.1, 0.15) is 6.10 Å². The van der Waals surface area contributed by atoms with E-state index in [9.17, 15) is 4.79 Å². The zero-order valence-electron chi connectivity index (χ0n) is 11.9. The summed E-state index contributed by atoms with van der Waals surface area (Å²) in [6.45, 7) is 0.548. The van der Waals surface area contributed by atoms with Gasteiger partial charge in [0, 0.05) is 19.0 Å². The first-order valence-corrected chi connectivity index (χ1v) is 7.18. The van der Waals surface area contributed by atoms with Gasteiger partial charge in [-0.3, -0.25) is 0 Å². The summed E-state index contributed by atoms with van der Waals surface area (Å²) in [4.78, 5) is 11.5. The summed E-state index contributed by atoms with van der Waals surface area (Å²) in [5, 5.41) is 10.8. The second-order valence-electron chi connectivity index (χ2n) is 5.01. The second kappa shape index (κ2) is 7.19. The summed E-state index contributed by atoms with van der Waals surface area (Å²) < 4.78 is 5.49. The lowest BCUT2D eigenvalue weighted by Gasteiger charge is -2.23. The molecule has 2 rings (SSSR count). The Morgan fingerprint density at radius 3 is 3.10 bits per heavy atom. The van der Waals surface area contributed by atoms with Gasteiger partial charge < -0.3 is 15.8 Å². The number of rotatable bonds is 3.